The molecule has 0 aromatic heterocycles. The predicted molar refractivity (Wildman–Crippen MR) is 50.1 cm³/mol. The fraction of sp³-hybridized carbons (Fsp3) is 0.200. The van der Waals surface area contributed by atoms with Gasteiger partial charge in [-0.3, -0.25) is 4.79 Å². The number of aryl methyl sites for hydroxylation is 1. The smallest absolute Gasteiger partial charge is 0.303 e. The van der Waals surface area contributed by atoms with Crippen LogP contribution in [0.15, 0.2) is 23.2 Å². The lowest BCUT2D eigenvalue weighted by Crippen LogP contribution is -1.97. The molecule has 4 nitrogen and oxygen atoms in total. The molecule has 0 heterocycles. The van der Waals surface area contributed by atoms with E-state index in [0.717, 1.165) is 0 Å². The molecule has 0 saturated heterocycles. The summed E-state index contributed by atoms with van der Waals surface area (Å²) in [6, 6.07) is 4.01. The van der Waals surface area contributed by atoms with Crippen molar-refractivity contribution in [2.75, 3.05) is 0 Å². The highest BCUT2D eigenvalue weighted by Gasteiger charge is 2.04. The van der Waals surface area contributed by atoms with E-state index in [1.165, 1.54) is 24.3 Å². The number of nitrogens with zero attached hydrogens (tertiary/aromatic N) is 1. The van der Waals surface area contributed by atoms with E-state index in [9.17, 15) is 14.0 Å². The minimum absolute atomic E-state index is 0.0598. The third-order valence-electron chi connectivity index (χ3n) is 1.81. The molecule has 1 N–H and O–H groups in total. The molecule has 1 aromatic carbocycles. The maximum atomic E-state index is 13.1. The predicted octanol–water partition coefficient (Wildman–Crippen LogP) is 1.81. The molecule has 0 amide bonds. The molecule has 1 rings (SSSR count). The summed E-state index contributed by atoms with van der Waals surface area (Å²) in [7, 11) is 0. The Morgan fingerprint density at radius 2 is 2.27 bits per heavy atom. The van der Waals surface area contributed by atoms with E-state index >= 15 is 0 Å². The second kappa shape index (κ2) is 5.02. The van der Waals surface area contributed by atoms with Gasteiger partial charge in [0, 0.05) is 6.42 Å². The number of hydrogen-bond acceptors (Lipinski definition) is 3. The van der Waals surface area contributed by atoms with Gasteiger partial charge in [0.15, 0.2) is 0 Å². The zero-order valence-corrected chi connectivity index (χ0v) is 7.74. The molecule has 0 saturated carbocycles. The Morgan fingerprint density at radius 3 is 2.80 bits per heavy atom. The van der Waals surface area contributed by atoms with Crippen molar-refractivity contribution in [3.05, 3.63) is 29.6 Å². The minimum Gasteiger partial charge on any atom is -0.481 e. The second-order valence-electron chi connectivity index (χ2n) is 2.88. The van der Waals surface area contributed by atoms with Crippen molar-refractivity contribution in [2.45, 2.75) is 12.8 Å². The first kappa shape index (κ1) is 11.1. The standard InChI is InChI=1S/C10H8FNO3/c11-8-5-7(2-4-10(14)15)1-3-9(8)12-6-13/h1,3,5H,2,4H2,(H,14,15). The van der Waals surface area contributed by atoms with Crippen LogP contribution < -0.4 is 0 Å². The number of rotatable bonds is 4. The van der Waals surface area contributed by atoms with Crippen LogP contribution in [-0.4, -0.2) is 17.2 Å². The van der Waals surface area contributed by atoms with Crippen LogP contribution in [0.2, 0.25) is 0 Å². The number of aliphatic imine (C=N–C) groups is 1. The number of carboxylic acids is 1. The zero-order valence-electron chi connectivity index (χ0n) is 7.74. The van der Waals surface area contributed by atoms with Crippen LogP contribution in [0.4, 0.5) is 10.1 Å². The van der Waals surface area contributed by atoms with Gasteiger partial charge < -0.3 is 5.11 Å². The van der Waals surface area contributed by atoms with Gasteiger partial charge in [-0.25, -0.2) is 9.18 Å². The molecule has 0 fully saturated rings. The average Bonchev–Trinajstić information content (AvgIpc) is 2.19. The number of carbonyl (C=O) groups is 1. The Kier molecular flexibility index (Phi) is 3.71. The molecule has 0 aliphatic carbocycles. The molecule has 0 unspecified atom stereocenters. The Bertz CT molecular complexity index is 425. The molecule has 0 radical (unpaired) electrons. The zero-order chi connectivity index (χ0) is 11.3. The van der Waals surface area contributed by atoms with Crippen LogP contribution in [-0.2, 0) is 16.0 Å². The van der Waals surface area contributed by atoms with Crippen molar-refractivity contribution < 1.29 is 19.1 Å². The number of carboxylic acid groups (broad SMARTS) is 1. The summed E-state index contributed by atoms with van der Waals surface area (Å²) in [6.45, 7) is 0. The summed E-state index contributed by atoms with van der Waals surface area (Å²) >= 11 is 0. The lowest BCUT2D eigenvalue weighted by Gasteiger charge is -2.00. The summed E-state index contributed by atoms with van der Waals surface area (Å²) in [5, 5.41) is 8.42. The average molecular weight is 209 g/mol. The molecule has 0 aliphatic heterocycles. The van der Waals surface area contributed by atoms with Gasteiger partial charge in [0.25, 0.3) is 0 Å². The highest BCUT2D eigenvalue weighted by Crippen LogP contribution is 2.18. The summed E-state index contributed by atoms with van der Waals surface area (Å²) in [5.41, 5.74) is 0.462. The van der Waals surface area contributed by atoms with Gasteiger partial charge in [-0.2, -0.15) is 4.99 Å². The molecule has 1 aromatic rings. The fourth-order valence-corrected chi connectivity index (χ4v) is 1.10. The Morgan fingerprint density at radius 1 is 1.53 bits per heavy atom. The second-order valence-corrected chi connectivity index (χ2v) is 2.88. The molecule has 0 bridgehead atoms. The number of aliphatic carboxylic acids is 1. The van der Waals surface area contributed by atoms with Crippen LogP contribution in [0.3, 0.4) is 0 Å². The Balaban J connectivity index is 2.81. The van der Waals surface area contributed by atoms with Gasteiger partial charge >= 0.3 is 5.97 Å². The van der Waals surface area contributed by atoms with Crippen molar-refractivity contribution in [1.82, 2.24) is 0 Å². The topological polar surface area (TPSA) is 66.7 Å². The number of halogens is 1. The molecule has 0 atom stereocenters. The summed E-state index contributed by atoms with van der Waals surface area (Å²) in [4.78, 5) is 23.3. The fourth-order valence-electron chi connectivity index (χ4n) is 1.10. The van der Waals surface area contributed by atoms with Crippen molar-refractivity contribution in [2.24, 2.45) is 4.99 Å². The number of carbonyl (C=O) groups excluding carboxylic acids is 1. The SMILES string of the molecule is O=C=Nc1ccc(CCC(=O)O)cc1F. The van der Waals surface area contributed by atoms with E-state index in [1.54, 1.807) is 0 Å². The van der Waals surface area contributed by atoms with E-state index < -0.39 is 11.8 Å². The summed E-state index contributed by atoms with van der Waals surface area (Å²) in [6.07, 6.45) is 1.42. The van der Waals surface area contributed by atoms with Crippen LogP contribution in [0.25, 0.3) is 0 Å². The van der Waals surface area contributed by atoms with Crippen LogP contribution in [0, 0.1) is 5.82 Å². The molecule has 5 heteroatoms. The van der Waals surface area contributed by atoms with Gasteiger partial charge in [-0.1, -0.05) is 6.07 Å². The number of hydrogen-bond donors (Lipinski definition) is 1. The first-order valence-electron chi connectivity index (χ1n) is 4.21. The third-order valence-corrected chi connectivity index (χ3v) is 1.81. The monoisotopic (exact) mass is 209 g/mol. The Labute approximate surface area is 85.1 Å². The first-order chi connectivity index (χ1) is 7.13. The maximum absolute atomic E-state index is 13.1. The number of benzene rings is 1. The lowest BCUT2D eigenvalue weighted by molar-refractivity contribution is -0.136. The molecule has 0 spiro atoms. The Hall–Kier alpha value is -2.00. The molecular formula is C10H8FNO3. The van der Waals surface area contributed by atoms with Gasteiger partial charge in [0.1, 0.15) is 11.5 Å². The first-order valence-corrected chi connectivity index (χ1v) is 4.21. The van der Waals surface area contributed by atoms with E-state index in [2.05, 4.69) is 4.99 Å². The van der Waals surface area contributed by atoms with Gasteiger partial charge in [-0.15, -0.1) is 0 Å². The van der Waals surface area contributed by atoms with Crippen molar-refractivity contribution in [1.29, 1.82) is 0 Å². The van der Waals surface area contributed by atoms with Gasteiger partial charge in [-0.05, 0) is 24.1 Å². The van der Waals surface area contributed by atoms with Crippen molar-refractivity contribution >= 4 is 17.7 Å². The van der Waals surface area contributed by atoms with E-state index in [4.69, 9.17) is 5.11 Å². The molecule has 0 aliphatic rings. The van der Waals surface area contributed by atoms with Gasteiger partial charge in [0.2, 0.25) is 6.08 Å². The lowest BCUT2D eigenvalue weighted by atomic mass is 10.1. The normalized spacial score (nSPS) is 9.40. The highest BCUT2D eigenvalue weighted by atomic mass is 19.1. The van der Waals surface area contributed by atoms with Gasteiger partial charge in [0.05, 0.1) is 0 Å². The van der Waals surface area contributed by atoms with Crippen molar-refractivity contribution in [3.8, 4) is 0 Å². The highest BCUT2D eigenvalue weighted by molar-refractivity contribution is 5.67. The van der Waals surface area contributed by atoms with Crippen LogP contribution in [0.5, 0.6) is 0 Å². The quantitative estimate of drug-likeness (QED) is 0.607. The maximum Gasteiger partial charge on any atom is 0.303 e. The van der Waals surface area contributed by atoms with E-state index in [-0.39, 0.29) is 18.5 Å². The molecule has 78 valence electrons. The third kappa shape index (κ3) is 3.32. The molecular weight excluding hydrogens is 201 g/mol. The summed E-state index contributed by atoms with van der Waals surface area (Å²) in [5.74, 6) is -1.59. The number of isocyanates is 1. The minimum atomic E-state index is -0.939. The van der Waals surface area contributed by atoms with Crippen LogP contribution in [0.1, 0.15) is 12.0 Å². The van der Waals surface area contributed by atoms with E-state index in [1.807, 2.05) is 0 Å². The largest absolute Gasteiger partial charge is 0.481 e. The molecule has 15 heavy (non-hydrogen) atoms. The van der Waals surface area contributed by atoms with Crippen molar-refractivity contribution in [3.63, 3.8) is 0 Å². The van der Waals surface area contributed by atoms with Crippen LogP contribution >= 0.6 is 0 Å². The van der Waals surface area contributed by atoms with E-state index in [0.29, 0.717) is 5.56 Å². The summed E-state index contributed by atoms with van der Waals surface area (Å²) < 4.78 is 13.1.